The van der Waals surface area contributed by atoms with E-state index in [2.05, 4.69) is 11.5 Å². The standard InChI is InChI=1S/C22H31NO5/c1-5-17-9-15-10-22(28-8-6-7-25-2)21(27-4)11-18(15)19-12-20(24)16(14-26-3)13-23(17)19/h11-13,17,22H,5-10,14H2,1-4H3. The number of fused-ring (bicyclic) bond motifs is 2. The Bertz CT molecular complexity index is 808. The smallest absolute Gasteiger partial charge is 0.187 e. The third-order valence-electron chi connectivity index (χ3n) is 5.54. The summed E-state index contributed by atoms with van der Waals surface area (Å²) in [6.07, 6.45) is 7.54. The summed E-state index contributed by atoms with van der Waals surface area (Å²) in [5, 5.41) is 0. The van der Waals surface area contributed by atoms with E-state index in [4.69, 9.17) is 18.9 Å². The van der Waals surface area contributed by atoms with Gasteiger partial charge in [0.25, 0.3) is 0 Å². The lowest BCUT2D eigenvalue weighted by Gasteiger charge is -2.36. The fourth-order valence-electron chi connectivity index (χ4n) is 4.08. The molecule has 0 N–H and O–H groups in total. The van der Waals surface area contributed by atoms with Crippen molar-refractivity contribution in [3.63, 3.8) is 0 Å². The van der Waals surface area contributed by atoms with Gasteiger partial charge in [0.15, 0.2) is 5.43 Å². The Morgan fingerprint density at radius 1 is 1.14 bits per heavy atom. The summed E-state index contributed by atoms with van der Waals surface area (Å²) in [6, 6.07) is 2.08. The third-order valence-corrected chi connectivity index (χ3v) is 5.54. The van der Waals surface area contributed by atoms with E-state index >= 15 is 0 Å². The number of aromatic nitrogens is 1. The summed E-state index contributed by atoms with van der Waals surface area (Å²) >= 11 is 0. The summed E-state index contributed by atoms with van der Waals surface area (Å²) in [5.41, 5.74) is 4.11. The Morgan fingerprint density at radius 2 is 1.96 bits per heavy atom. The zero-order valence-corrected chi connectivity index (χ0v) is 17.3. The Labute approximate surface area is 166 Å². The van der Waals surface area contributed by atoms with E-state index in [1.54, 1.807) is 27.4 Å². The van der Waals surface area contributed by atoms with Crippen LogP contribution in [0.2, 0.25) is 0 Å². The van der Waals surface area contributed by atoms with Crippen molar-refractivity contribution in [3.8, 4) is 0 Å². The molecule has 3 rings (SSSR count). The maximum absolute atomic E-state index is 12.6. The van der Waals surface area contributed by atoms with Crippen molar-refractivity contribution in [2.24, 2.45) is 0 Å². The maximum Gasteiger partial charge on any atom is 0.187 e. The molecule has 1 aromatic heterocycles. The number of rotatable bonds is 9. The van der Waals surface area contributed by atoms with Crippen LogP contribution < -0.4 is 5.43 Å². The SMILES string of the molecule is CCC1CC2=C(C=C(OC)C(OCCCOC)C2)c2cc(=O)c(COC)cn21. The van der Waals surface area contributed by atoms with E-state index in [-0.39, 0.29) is 11.5 Å². The average Bonchev–Trinajstić information content (AvgIpc) is 2.71. The van der Waals surface area contributed by atoms with Crippen LogP contribution >= 0.6 is 0 Å². The predicted octanol–water partition coefficient (Wildman–Crippen LogP) is 3.46. The minimum absolute atomic E-state index is 0.0157. The van der Waals surface area contributed by atoms with Crippen LogP contribution in [0.3, 0.4) is 0 Å². The van der Waals surface area contributed by atoms with Crippen molar-refractivity contribution in [2.75, 3.05) is 34.5 Å². The highest BCUT2D eigenvalue weighted by Crippen LogP contribution is 2.42. The fraction of sp³-hybridized carbons (Fsp3) is 0.591. The van der Waals surface area contributed by atoms with E-state index in [0.29, 0.717) is 31.4 Å². The largest absolute Gasteiger partial charge is 0.498 e. The molecule has 0 aromatic carbocycles. The number of allylic oxidation sites excluding steroid dienone is 2. The van der Waals surface area contributed by atoms with Gasteiger partial charge in [-0.3, -0.25) is 4.79 Å². The van der Waals surface area contributed by atoms with E-state index in [0.717, 1.165) is 42.7 Å². The van der Waals surface area contributed by atoms with Gasteiger partial charge >= 0.3 is 0 Å². The molecule has 154 valence electrons. The normalized spacial score (nSPS) is 21.2. The highest BCUT2D eigenvalue weighted by atomic mass is 16.5. The molecule has 1 aliphatic heterocycles. The van der Waals surface area contributed by atoms with Gasteiger partial charge in [-0.25, -0.2) is 0 Å². The Balaban J connectivity index is 1.93. The van der Waals surface area contributed by atoms with Crippen molar-refractivity contribution in [1.29, 1.82) is 0 Å². The molecule has 6 nitrogen and oxygen atoms in total. The first-order valence-electron chi connectivity index (χ1n) is 9.95. The molecule has 1 aliphatic carbocycles. The van der Waals surface area contributed by atoms with Crippen LogP contribution in [0.15, 0.2) is 34.5 Å². The number of hydrogen-bond acceptors (Lipinski definition) is 5. The molecule has 0 fully saturated rings. The van der Waals surface area contributed by atoms with Gasteiger partial charge in [-0.1, -0.05) is 12.5 Å². The first kappa shape index (κ1) is 20.8. The summed E-state index contributed by atoms with van der Waals surface area (Å²) in [6.45, 7) is 3.84. The molecule has 0 spiro atoms. The van der Waals surface area contributed by atoms with Gasteiger partial charge in [0.2, 0.25) is 0 Å². The lowest BCUT2D eigenvalue weighted by atomic mass is 9.84. The Morgan fingerprint density at radius 3 is 2.64 bits per heavy atom. The molecule has 2 heterocycles. The minimum atomic E-state index is -0.0795. The lowest BCUT2D eigenvalue weighted by molar-refractivity contribution is 0.0274. The zero-order valence-electron chi connectivity index (χ0n) is 17.3. The number of nitrogens with zero attached hydrogens (tertiary/aromatic N) is 1. The number of hydrogen-bond donors (Lipinski definition) is 0. The molecule has 0 amide bonds. The lowest BCUT2D eigenvalue weighted by Crippen LogP contribution is -2.29. The van der Waals surface area contributed by atoms with Gasteiger partial charge in [0.1, 0.15) is 11.9 Å². The Hall–Kier alpha value is -1.89. The molecule has 1 aromatic rings. The van der Waals surface area contributed by atoms with Crippen LogP contribution in [0.4, 0.5) is 0 Å². The van der Waals surface area contributed by atoms with Crippen molar-refractivity contribution in [2.45, 2.75) is 51.4 Å². The van der Waals surface area contributed by atoms with E-state index in [1.165, 1.54) is 5.57 Å². The van der Waals surface area contributed by atoms with Crippen molar-refractivity contribution in [1.82, 2.24) is 4.57 Å². The van der Waals surface area contributed by atoms with Gasteiger partial charge in [-0.05, 0) is 25.3 Å². The van der Waals surface area contributed by atoms with Crippen LogP contribution in [0, 0.1) is 0 Å². The van der Waals surface area contributed by atoms with Crippen LogP contribution in [-0.2, 0) is 25.6 Å². The average molecular weight is 389 g/mol. The molecule has 2 aliphatic rings. The second-order valence-electron chi connectivity index (χ2n) is 7.33. The van der Waals surface area contributed by atoms with Gasteiger partial charge in [0, 0.05) is 63.3 Å². The van der Waals surface area contributed by atoms with Gasteiger partial charge < -0.3 is 23.5 Å². The van der Waals surface area contributed by atoms with Crippen LogP contribution in [0.5, 0.6) is 0 Å². The number of pyridine rings is 1. The Kier molecular flexibility index (Phi) is 7.10. The van der Waals surface area contributed by atoms with Gasteiger partial charge in [0.05, 0.1) is 19.4 Å². The summed E-state index contributed by atoms with van der Waals surface area (Å²) in [5.74, 6) is 0.811. The molecular weight excluding hydrogens is 358 g/mol. The van der Waals surface area contributed by atoms with Gasteiger partial charge in [-0.15, -0.1) is 0 Å². The molecule has 6 heteroatoms. The van der Waals surface area contributed by atoms with Crippen LogP contribution in [-0.4, -0.2) is 45.2 Å². The van der Waals surface area contributed by atoms with E-state index in [9.17, 15) is 4.79 Å². The monoisotopic (exact) mass is 389 g/mol. The summed E-state index contributed by atoms with van der Waals surface area (Å²) in [7, 11) is 4.99. The quantitative estimate of drug-likeness (QED) is 0.606. The fourth-order valence-corrected chi connectivity index (χ4v) is 4.08. The van der Waals surface area contributed by atoms with E-state index in [1.807, 2.05) is 12.3 Å². The van der Waals surface area contributed by atoms with Crippen LogP contribution in [0.25, 0.3) is 5.57 Å². The molecular formula is C22H31NO5. The van der Waals surface area contributed by atoms with Crippen molar-refractivity contribution < 1.29 is 18.9 Å². The van der Waals surface area contributed by atoms with Crippen molar-refractivity contribution >= 4 is 5.57 Å². The molecule has 2 atom stereocenters. The first-order chi connectivity index (χ1) is 13.6. The highest BCUT2D eigenvalue weighted by molar-refractivity contribution is 5.78. The molecule has 0 bridgehead atoms. The molecule has 28 heavy (non-hydrogen) atoms. The molecule has 0 saturated carbocycles. The third kappa shape index (κ3) is 4.24. The topological polar surface area (TPSA) is 58.9 Å². The number of ether oxygens (including phenoxy) is 4. The molecule has 0 radical (unpaired) electrons. The maximum atomic E-state index is 12.6. The first-order valence-corrected chi connectivity index (χ1v) is 9.95. The van der Waals surface area contributed by atoms with Crippen LogP contribution in [0.1, 0.15) is 49.9 Å². The number of methoxy groups -OCH3 is 3. The second-order valence-corrected chi connectivity index (χ2v) is 7.33. The predicted molar refractivity (Wildman–Crippen MR) is 108 cm³/mol. The second kappa shape index (κ2) is 9.54. The van der Waals surface area contributed by atoms with E-state index < -0.39 is 0 Å². The highest BCUT2D eigenvalue weighted by Gasteiger charge is 2.32. The van der Waals surface area contributed by atoms with Gasteiger partial charge in [-0.2, -0.15) is 0 Å². The summed E-state index contributed by atoms with van der Waals surface area (Å²) in [4.78, 5) is 12.6. The van der Waals surface area contributed by atoms with Crippen molar-refractivity contribution in [3.05, 3.63) is 51.2 Å². The molecule has 0 saturated heterocycles. The summed E-state index contributed by atoms with van der Waals surface area (Å²) < 4.78 is 24.2. The molecule has 2 unspecified atom stereocenters. The minimum Gasteiger partial charge on any atom is -0.498 e. The zero-order chi connectivity index (χ0) is 20.1.